The van der Waals surface area contributed by atoms with Crippen molar-refractivity contribution < 1.29 is 9.63 Å². The molecule has 0 aromatic rings. The molecular formula is C9H15NO2. The summed E-state index contributed by atoms with van der Waals surface area (Å²) >= 11 is 0. The van der Waals surface area contributed by atoms with Gasteiger partial charge >= 0.3 is 5.97 Å². The van der Waals surface area contributed by atoms with Gasteiger partial charge in [0.1, 0.15) is 0 Å². The predicted molar refractivity (Wildman–Crippen MR) is 46.3 cm³/mol. The lowest BCUT2D eigenvalue weighted by atomic mass is 10.1. The van der Waals surface area contributed by atoms with E-state index in [0.29, 0.717) is 6.04 Å². The third kappa shape index (κ3) is 2.34. The van der Waals surface area contributed by atoms with Gasteiger partial charge in [-0.25, -0.2) is 4.79 Å². The Kier molecular flexibility index (Phi) is 3.29. The molecule has 12 heavy (non-hydrogen) atoms. The van der Waals surface area contributed by atoms with Crippen LogP contribution in [0.2, 0.25) is 0 Å². The first-order valence-corrected chi connectivity index (χ1v) is 4.35. The van der Waals surface area contributed by atoms with E-state index in [9.17, 15) is 4.79 Å². The van der Waals surface area contributed by atoms with E-state index < -0.39 is 0 Å². The number of hydrogen-bond acceptors (Lipinski definition) is 3. The molecule has 0 bridgehead atoms. The molecule has 3 nitrogen and oxygen atoms in total. The first-order valence-electron chi connectivity index (χ1n) is 4.35. The number of hydrogen-bond donors (Lipinski definition) is 0. The van der Waals surface area contributed by atoms with Gasteiger partial charge in [0.25, 0.3) is 0 Å². The molecule has 1 unspecified atom stereocenters. The summed E-state index contributed by atoms with van der Waals surface area (Å²) in [5, 5.41) is 1.74. The van der Waals surface area contributed by atoms with Crippen LogP contribution in [0.25, 0.3) is 0 Å². The predicted octanol–water partition coefficient (Wildman–Crippen LogP) is 1.50. The van der Waals surface area contributed by atoms with Gasteiger partial charge in [0.2, 0.25) is 0 Å². The summed E-state index contributed by atoms with van der Waals surface area (Å²) < 4.78 is 0. The fourth-order valence-corrected chi connectivity index (χ4v) is 1.36. The van der Waals surface area contributed by atoms with Gasteiger partial charge in [-0.3, -0.25) is 0 Å². The second kappa shape index (κ2) is 4.26. The second-order valence-electron chi connectivity index (χ2n) is 3.10. The monoisotopic (exact) mass is 169 g/mol. The second-order valence-corrected chi connectivity index (χ2v) is 3.10. The number of nitrogens with zero attached hydrogens (tertiary/aromatic N) is 1. The molecule has 0 aromatic heterocycles. The number of carbonyl (C=O) groups is 1. The van der Waals surface area contributed by atoms with Gasteiger partial charge in [0.15, 0.2) is 0 Å². The lowest BCUT2D eigenvalue weighted by Gasteiger charge is -2.30. The zero-order valence-corrected chi connectivity index (χ0v) is 7.45. The van der Waals surface area contributed by atoms with Crippen LogP contribution in [0.4, 0.5) is 0 Å². The summed E-state index contributed by atoms with van der Waals surface area (Å²) in [6.07, 6.45) is 4.63. The van der Waals surface area contributed by atoms with Crippen LogP contribution in [0.1, 0.15) is 26.2 Å². The van der Waals surface area contributed by atoms with E-state index in [1.807, 2.05) is 0 Å². The Hall–Kier alpha value is -0.830. The van der Waals surface area contributed by atoms with E-state index in [1.165, 1.54) is 12.5 Å². The molecule has 3 heteroatoms. The average molecular weight is 169 g/mol. The molecule has 0 saturated carbocycles. The third-order valence-corrected chi connectivity index (χ3v) is 2.12. The highest BCUT2D eigenvalue weighted by Gasteiger charge is 2.20. The van der Waals surface area contributed by atoms with Crippen LogP contribution in [-0.2, 0) is 9.63 Å². The maximum absolute atomic E-state index is 10.8. The Morgan fingerprint density at radius 1 is 1.67 bits per heavy atom. The Balaban J connectivity index is 2.38. The van der Waals surface area contributed by atoms with E-state index >= 15 is 0 Å². The summed E-state index contributed by atoms with van der Waals surface area (Å²) in [6, 6.07) is 0.350. The zero-order valence-electron chi connectivity index (χ0n) is 7.45. The lowest BCUT2D eigenvalue weighted by Crippen LogP contribution is -2.38. The number of rotatable bonds is 2. The van der Waals surface area contributed by atoms with Crippen LogP contribution in [0.3, 0.4) is 0 Å². The van der Waals surface area contributed by atoms with Crippen LogP contribution in [0.5, 0.6) is 0 Å². The summed E-state index contributed by atoms with van der Waals surface area (Å²) in [5.74, 6) is -0.358. The topological polar surface area (TPSA) is 29.5 Å². The normalized spacial score (nSPS) is 24.9. The van der Waals surface area contributed by atoms with Crippen molar-refractivity contribution in [1.29, 1.82) is 0 Å². The maximum atomic E-state index is 10.8. The molecule has 0 radical (unpaired) electrons. The average Bonchev–Trinajstić information content (AvgIpc) is 2.09. The Labute approximate surface area is 73.0 Å². The smallest absolute Gasteiger partial charge is 0.349 e. The third-order valence-electron chi connectivity index (χ3n) is 2.12. The molecular weight excluding hydrogens is 154 g/mol. The van der Waals surface area contributed by atoms with Gasteiger partial charge < -0.3 is 4.84 Å². The number of hydroxylamine groups is 2. The van der Waals surface area contributed by atoms with Crippen LogP contribution in [0, 0.1) is 0 Å². The molecule has 1 aliphatic heterocycles. The van der Waals surface area contributed by atoms with Crippen molar-refractivity contribution in [2.24, 2.45) is 0 Å². The van der Waals surface area contributed by atoms with Gasteiger partial charge in [-0.1, -0.05) is 13.0 Å². The minimum Gasteiger partial charge on any atom is -0.364 e. The highest BCUT2D eigenvalue weighted by atomic mass is 16.7. The fraction of sp³-hybridized carbons (Fsp3) is 0.667. The Morgan fingerprint density at radius 3 is 3.00 bits per heavy atom. The molecule has 1 rings (SSSR count). The number of carbonyl (C=O) groups excluding carboxylic acids is 1. The van der Waals surface area contributed by atoms with E-state index in [-0.39, 0.29) is 5.97 Å². The minimum absolute atomic E-state index is 0.350. The summed E-state index contributed by atoms with van der Waals surface area (Å²) in [7, 11) is 0. The van der Waals surface area contributed by atoms with Crippen LogP contribution >= 0.6 is 0 Å². The van der Waals surface area contributed by atoms with Crippen molar-refractivity contribution in [3.63, 3.8) is 0 Å². The molecule has 1 aliphatic rings. The molecule has 0 spiro atoms. The quantitative estimate of drug-likeness (QED) is 0.587. The van der Waals surface area contributed by atoms with Crippen LogP contribution < -0.4 is 0 Å². The van der Waals surface area contributed by atoms with Gasteiger partial charge in [-0.15, -0.1) is 5.06 Å². The van der Waals surface area contributed by atoms with E-state index in [1.54, 1.807) is 5.06 Å². The summed E-state index contributed by atoms with van der Waals surface area (Å²) in [5.41, 5.74) is 0. The standard InChI is InChI=1S/C9H15NO2/c1-3-9(11)12-10-7-5-4-6-8(10)2/h3,8H,1,4-7H2,2H3. The van der Waals surface area contributed by atoms with Crippen molar-refractivity contribution in [1.82, 2.24) is 5.06 Å². The minimum atomic E-state index is -0.358. The van der Waals surface area contributed by atoms with E-state index in [0.717, 1.165) is 19.4 Å². The summed E-state index contributed by atoms with van der Waals surface area (Å²) in [6.45, 7) is 6.26. The molecule has 1 heterocycles. The first kappa shape index (κ1) is 9.26. The summed E-state index contributed by atoms with van der Waals surface area (Å²) in [4.78, 5) is 15.9. The highest BCUT2D eigenvalue weighted by molar-refractivity contribution is 5.80. The van der Waals surface area contributed by atoms with E-state index in [4.69, 9.17) is 4.84 Å². The Bertz CT molecular complexity index is 179. The SMILES string of the molecule is C=CC(=O)ON1CCCCC1C. The van der Waals surface area contributed by atoms with Gasteiger partial charge in [-0.05, 0) is 19.8 Å². The molecule has 0 N–H and O–H groups in total. The molecule has 0 aromatic carbocycles. The van der Waals surface area contributed by atoms with Crippen molar-refractivity contribution in [3.05, 3.63) is 12.7 Å². The zero-order chi connectivity index (χ0) is 8.97. The van der Waals surface area contributed by atoms with E-state index in [2.05, 4.69) is 13.5 Å². The number of piperidine rings is 1. The largest absolute Gasteiger partial charge is 0.364 e. The lowest BCUT2D eigenvalue weighted by molar-refractivity contribution is -0.200. The van der Waals surface area contributed by atoms with Crippen molar-refractivity contribution in [3.8, 4) is 0 Å². The first-order chi connectivity index (χ1) is 5.74. The molecule has 1 fully saturated rings. The Morgan fingerprint density at radius 2 is 2.42 bits per heavy atom. The molecule has 1 saturated heterocycles. The highest BCUT2D eigenvalue weighted by Crippen LogP contribution is 2.16. The molecule has 0 aliphatic carbocycles. The van der Waals surface area contributed by atoms with Gasteiger partial charge in [-0.2, -0.15) is 0 Å². The maximum Gasteiger partial charge on any atom is 0.349 e. The molecule has 68 valence electrons. The van der Waals surface area contributed by atoms with Crippen LogP contribution in [0.15, 0.2) is 12.7 Å². The van der Waals surface area contributed by atoms with Crippen molar-refractivity contribution in [2.75, 3.05) is 6.54 Å². The molecule has 1 atom stereocenters. The van der Waals surface area contributed by atoms with Crippen LogP contribution in [-0.4, -0.2) is 23.6 Å². The van der Waals surface area contributed by atoms with Crippen molar-refractivity contribution >= 4 is 5.97 Å². The fourth-order valence-electron chi connectivity index (χ4n) is 1.36. The van der Waals surface area contributed by atoms with Gasteiger partial charge in [0, 0.05) is 18.7 Å². The van der Waals surface area contributed by atoms with Gasteiger partial charge in [0.05, 0.1) is 0 Å². The van der Waals surface area contributed by atoms with Crippen molar-refractivity contribution in [2.45, 2.75) is 32.2 Å². The molecule has 0 amide bonds.